The number of rotatable bonds is 4. The first kappa shape index (κ1) is 14.3. The maximum absolute atomic E-state index is 11.9. The molecule has 1 aromatic heterocycles. The van der Waals surface area contributed by atoms with E-state index in [-0.39, 0.29) is 12.5 Å². The lowest BCUT2D eigenvalue weighted by Crippen LogP contribution is -2.24. The van der Waals surface area contributed by atoms with Crippen LogP contribution in [0.4, 0.5) is 0 Å². The van der Waals surface area contributed by atoms with Crippen LogP contribution >= 0.6 is 11.3 Å². The number of carbonyl (C=O) groups is 1. The Labute approximate surface area is 122 Å². The SMILES string of the molecule is O=C(NCCc1ccccc1)c1ccc(C#CCO)s1. The molecule has 1 heterocycles. The largest absolute Gasteiger partial charge is 0.384 e. The minimum atomic E-state index is -0.170. The summed E-state index contributed by atoms with van der Waals surface area (Å²) in [6, 6.07) is 13.6. The van der Waals surface area contributed by atoms with Gasteiger partial charge in [0.15, 0.2) is 0 Å². The second kappa shape index (κ2) is 7.49. The van der Waals surface area contributed by atoms with E-state index in [0.717, 1.165) is 11.3 Å². The van der Waals surface area contributed by atoms with Crippen molar-refractivity contribution in [3.05, 3.63) is 57.8 Å². The summed E-state index contributed by atoms with van der Waals surface area (Å²) in [4.78, 5) is 13.3. The fourth-order valence-electron chi connectivity index (χ4n) is 1.71. The number of aliphatic hydroxyl groups is 1. The predicted molar refractivity (Wildman–Crippen MR) is 80.8 cm³/mol. The van der Waals surface area contributed by atoms with Crippen LogP contribution in [0.2, 0.25) is 0 Å². The first-order valence-electron chi connectivity index (χ1n) is 6.31. The van der Waals surface area contributed by atoms with Gasteiger partial charge in [-0.25, -0.2) is 0 Å². The highest BCUT2D eigenvalue weighted by Crippen LogP contribution is 2.15. The lowest BCUT2D eigenvalue weighted by Gasteiger charge is -2.03. The molecule has 1 aromatic carbocycles. The van der Waals surface area contributed by atoms with Gasteiger partial charge < -0.3 is 10.4 Å². The molecular formula is C16H15NO2S. The Bertz CT molecular complexity index is 623. The zero-order valence-corrected chi connectivity index (χ0v) is 11.7. The van der Waals surface area contributed by atoms with Gasteiger partial charge in [-0.05, 0) is 24.1 Å². The molecule has 2 rings (SSSR count). The van der Waals surface area contributed by atoms with E-state index < -0.39 is 0 Å². The van der Waals surface area contributed by atoms with Crippen LogP contribution in [-0.4, -0.2) is 24.2 Å². The van der Waals surface area contributed by atoms with E-state index in [4.69, 9.17) is 5.11 Å². The van der Waals surface area contributed by atoms with Crippen LogP contribution in [0.15, 0.2) is 42.5 Å². The quantitative estimate of drug-likeness (QED) is 0.845. The van der Waals surface area contributed by atoms with Gasteiger partial charge >= 0.3 is 0 Å². The number of hydrogen-bond donors (Lipinski definition) is 2. The minimum Gasteiger partial charge on any atom is -0.384 e. The van der Waals surface area contributed by atoms with Gasteiger partial charge in [0, 0.05) is 6.54 Å². The Kier molecular flexibility index (Phi) is 5.36. The molecule has 0 atom stereocenters. The summed E-state index contributed by atoms with van der Waals surface area (Å²) in [5.41, 5.74) is 1.20. The van der Waals surface area contributed by atoms with Crippen LogP contribution in [0, 0.1) is 11.8 Å². The molecule has 0 aliphatic rings. The van der Waals surface area contributed by atoms with Crippen molar-refractivity contribution in [3.63, 3.8) is 0 Å². The standard InChI is InChI=1S/C16H15NO2S/c18-12-4-7-14-8-9-15(20-14)16(19)17-11-10-13-5-2-1-3-6-13/h1-3,5-6,8-9,18H,10-12H2,(H,17,19). The molecule has 20 heavy (non-hydrogen) atoms. The summed E-state index contributed by atoms with van der Waals surface area (Å²) in [5.74, 6) is 5.28. The molecule has 0 saturated heterocycles. The van der Waals surface area contributed by atoms with Gasteiger partial charge in [-0.3, -0.25) is 4.79 Å². The third kappa shape index (κ3) is 4.23. The number of aliphatic hydroxyl groups excluding tert-OH is 1. The van der Waals surface area contributed by atoms with Crippen molar-refractivity contribution >= 4 is 17.2 Å². The summed E-state index contributed by atoms with van der Waals surface area (Å²) in [5, 5.41) is 11.5. The van der Waals surface area contributed by atoms with Crippen LogP contribution in [-0.2, 0) is 6.42 Å². The highest BCUT2D eigenvalue weighted by atomic mass is 32.1. The van der Waals surface area contributed by atoms with Gasteiger partial charge in [0.05, 0.1) is 9.75 Å². The second-order valence-corrected chi connectivity index (χ2v) is 5.20. The van der Waals surface area contributed by atoms with E-state index in [2.05, 4.69) is 17.2 Å². The molecular weight excluding hydrogens is 270 g/mol. The summed E-state index contributed by atoms with van der Waals surface area (Å²) < 4.78 is 0. The maximum Gasteiger partial charge on any atom is 0.261 e. The van der Waals surface area contributed by atoms with E-state index in [0.29, 0.717) is 11.4 Å². The molecule has 0 unspecified atom stereocenters. The van der Waals surface area contributed by atoms with Crippen molar-refractivity contribution in [3.8, 4) is 11.8 Å². The molecule has 0 spiro atoms. The average molecular weight is 285 g/mol. The molecule has 2 N–H and O–H groups in total. The van der Waals surface area contributed by atoms with Crippen molar-refractivity contribution < 1.29 is 9.90 Å². The molecule has 3 nitrogen and oxygen atoms in total. The summed E-state index contributed by atoms with van der Waals surface area (Å²) in [6.07, 6.45) is 0.815. The molecule has 4 heteroatoms. The highest BCUT2D eigenvalue weighted by molar-refractivity contribution is 7.14. The van der Waals surface area contributed by atoms with Crippen molar-refractivity contribution in [2.24, 2.45) is 0 Å². The smallest absolute Gasteiger partial charge is 0.261 e. The molecule has 2 aromatic rings. The lowest BCUT2D eigenvalue weighted by atomic mass is 10.1. The van der Waals surface area contributed by atoms with Crippen LogP contribution in [0.5, 0.6) is 0 Å². The van der Waals surface area contributed by atoms with Gasteiger partial charge in [-0.15, -0.1) is 11.3 Å². The van der Waals surface area contributed by atoms with Gasteiger partial charge in [0.25, 0.3) is 5.91 Å². The Morgan fingerprint density at radius 1 is 1.20 bits per heavy atom. The van der Waals surface area contributed by atoms with Crippen molar-refractivity contribution in [1.82, 2.24) is 5.32 Å². The number of amides is 1. The monoisotopic (exact) mass is 285 g/mol. The number of hydrogen-bond acceptors (Lipinski definition) is 3. The Balaban J connectivity index is 1.84. The van der Waals surface area contributed by atoms with Crippen LogP contribution < -0.4 is 5.32 Å². The molecule has 0 fully saturated rings. The first-order chi connectivity index (χ1) is 9.79. The molecule has 0 radical (unpaired) electrons. The first-order valence-corrected chi connectivity index (χ1v) is 7.13. The Morgan fingerprint density at radius 2 is 2.00 bits per heavy atom. The molecule has 0 saturated carbocycles. The number of nitrogens with one attached hydrogen (secondary N) is 1. The predicted octanol–water partition coefficient (Wildman–Crippen LogP) is 2.06. The number of benzene rings is 1. The maximum atomic E-state index is 11.9. The average Bonchev–Trinajstić information content (AvgIpc) is 2.95. The fraction of sp³-hybridized carbons (Fsp3) is 0.188. The second-order valence-electron chi connectivity index (χ2n) is 4.12. The van der Waals surface area contributed by atoms with E-state index in [1.807, 2.05) is 30.3 Å². The zero-order chi connectivity index (χ0) is 14.2. The third-order valence-electron chi connectivity index (χ3n) is 2.66. The lowest BCUT2D eigenvalue weighted by molar-refractivity contribution is 0.0958. The van der Waals surface area contributed by atoms with Crippen LogP contribution in [0.1, 0.15) is 20.1 Å². The van der Waals surface area contributed by atoms with Gasteiger partial charge in [-0.1, -0.05) is 42.2 Å². The van der Waals surface area contributed by atoms with E-state index >= 15 is 0 Å². The fourth-order valence-corrected chi connectivity index (χ4v) is 2.50. The zero-order valence-electron chi connectivity index (χ0n) is 10.9. The van der Waals surface area contributed by atoms with E-state index in [1.54, 1.807) is 12.1 Å². The van der Waals surface area contributed by atoms with E-state index in [1.165, 1.54) is 16.9 Å². The summed E-state index contributed by atoms with van der Waals surface area (Å²) in [7, 11) is 0. The number of carbonyl (C=O) groups excluding carboxylic acids is 1. The van der Waals surface area contributed by atoms with Crippen LogP contribution in [0.3, 0.4) is 0 Å². The van der Waals surface area contributed by atoms with Gasteiger partial charge in [-0.2, -0.15) is 0 Å². The summed E-state index contributed by atoms with van der Waals surface area (Å²) in [6.45, 7) is 0.439. The van der Waals surface area contributed by atoms with Gasteiger partial charge in [0.2, 0.25) is 0 Å². The molecule has 0 aliphatic heterocycles. The Hall–Kier alpha value is -2.09. The number of thiophene rings is 1. The Morgan fingerprint density at radius 3 is 2.75 bits per heavy atom. The molecule has 1 amide bonds. The van der Waals surface area contributed by atoms with E-state index in [9.17, 15) is 4.79 Å². The van der Waals surface area contributed by atoms with Crippen molar-refractivity contribution in [2.75, 3.05) is 13.2 Å². The molecule has 0 aliphatic carbocycles. The van der Waals surface area contributed by atoms with Crippen LogP contribution in [0.25, 0.3) is 0 Å². The van der Waals surface area contributed by atoms with Crippen molar-refractivity contribution in [2.45, 2.75) is 6.42 Å². The van der Waals surface area contributed by atoms with Gasteiger partial charge in [0.1, 0.15) is 6.61 Å². The highest BCUT2D eigenvalue weighted by Gasteiger charge is 2.07. The minimum absolute atomic E-state index is 0.0806. The third-order valence-corrected chi connectivity index (χ3v) is 3.66. The molecule has 0 bridgehead atoms. The normalized spacial score (nSPS) is 9.65. The topological polar surface area (TPSA) is 49.3 Å². The van der Waals surface area contributed by atoms with Crippen molar-refractivity contribution in [1.29, 1.82) is 0 Å². The summed E-state index contributed by atoms with van der Waals surface area (Å²) >= 11 is 1.33. The molecule has 102 valence electrons.